The van der Waals surface area contributed by atoms with Crippen molar-refractivity contribution in [1.29, 1.82) is 0 Å². The summed E-state index contributed by atoms with van der Waals surface area (Å²) in [7, 11) is 0. The third kappa shape index (κ3) is 3.04. The lowest BCUT2D eigenvalue weighted by Crippen LogP contribution is -2.37. The molecule has 0 radical (unpaired) electrons. The average Bonchev–Trinajstić information content (AvgIpc) is 3.23. The van der Waals surface area contributed by atoms with Crippen LogP contribution in [0.4, 0.5) is 17.5 Å². The number of aryl methyl sites for hydroxylation is 1. The number of nitrogen functional groups attached to an aromatic ring is 2. The fourth-order valence-corrected chi connectivity index (χ4v) is 4.74. The van der Waals surface area contributed by atoms with Crippen LogP contribution in [0.3, 0.4) is 0 Å². The molecule has 4 N–H and O–H groups in total. The fraction of sp³-hybridized carbons (Fsp3) is 0.476. The van der Waals surface area contributed by atoms with Crippen molar-refractivity contribution >= 4 is 23.4 Å². The molecule has 7 nitrogen and oxygen atoms in total. The summed E-state index contributed by atoms with van der Waals surface area (Å²) in [5.41, 5.74) is 17.1. The largest absolute Gasteiger partial charge is 0.462 e. The van der Waals surface area contributed by atoms with Gasteiger partial charge in [0.2, 0.25) is 5.95 Å². The number of esters is 1. The second-order valence-corrected chi connectivity index (χ2v) is 7.50. The monoisotopic (exact) mass is 381 g/mol. The van der Waals surface area contributed by atoms with Crippen LogP contribution in [-0.2, 0) is 17.6 Å². The van der Waals surface area contributed by atoms with Crippen molar-refractivity contribution < 1.29 is 9.53 Å². The molecule has 2 heterocycles. The summed E-state index contributed by atoms with van der Waals surface area (Å²) in [6, 6.07) is 6.18. The number of nitrogens with two attached hydrogens (primary N) is 2. The standard InChI is InChI=1S/C21H27N5O2/c1-3-9-26-16-8-5-12(20(27)28-4-2)10-13(16)11-17(26)14-6-7-15-18(14)19(22)25-21(23)24-15/h5,8,10,14,17H,3-4,6-7,9,11H2,1-2H3,(H4,22,23,24,25). The minimum absolute atomic E-state index is 0.246. The van der Waals surface area contributed by atoms with E-state index in [1.54, 1.807) is 0 Å². The number of rotatable bonds is 5. The van der Waals surface area contributed by atoms with Crippen LogP contribution in [0.25, 0.3) is 0 Å². The molecule has 1 aromatic carbocycles. The highest BCUT2D eigenvalue weighted by Crippen LogP contribution is 2.45. The van der Waals surface area contributed by atoms with Gasteiger partial charge in [0, 0.05) is 29.8 Å². The Morgan fingerprint density at radius 3 is 2.86 bits per heavy atom. The SMILES string of the molecule is CCCN1c2ccc(C(=O)OCC)cc2CC1C1CCc2nc(N)nc(N)c21. The number of aromatic nitrogens is 2. The van der Waals surface area contributed by atoms with Gasteiger partial charge in [0.15, 0.2) is 0 Å². The first kappa shape index (κ1) is 18.5. The number of anilines is 3. The minimum Gasteiger partial charge on any atom is -0.462 e. The van der Waals surface area contributed by atoms with Gasteiger partial charge in [0.25, 0.3) is 0 Å². The van der Waals surface area contributed by atoms with Crippen molar-refractivity contribution in [2.24, 2.45) is 0 Å². The van der Waals surface area contributed by atoms with Crippen molar-refractivity contribution in [3.8, 4) is 0 Å². The highest BCUT2D eigenvalue weighted by molar-refractivity contribution is 5.90. The number of nitrogens with zero attached hydrogens (tertiary/aromatic N) is 3. The van der Waals surface area contributed by atoms with E-state index in [1.165, 1.54) is 11.3 Å². The summed E-state index contributed by atoms with van der Waals surface area (Å²) in [6.07, 6.45) is 3.78. The molecule has 2 aliphatic rings. The lowest BCUT2D eigenvalue weighted by atomic mass is 9.91. The number of hydrogen-bond donors (Lipinski definition) is 2. The molecule has 2 atom stereocenters. The number of hydrogen-bond acceptors (Lipinski definition) is 7. The van der Waals surface area contributed by atoms with E-state index >= 15 is 0 Å². The molecule has 1 aliphatic heterocycles. The Kier molecular flexibility index (Phi) is 4.83. The number of benzene rings is 1. The first-order valence-corrected chi connectivity index (χ1v) is 10.0. The molecule has 0 bridgehead atoms. The lowest BCUT2D eigenvalue weighted by Gasteiger charge is -2.32. The lowest BCUT2D eigenvalue weighted by molar-refractivity contribution is 0.0526. The third-order valence-electron chi connectivity index (χ3n) is 5.79. The molecule has 2 unspecified atom stereocenters. The van der Waals surface area contributed by atoms with Gasteiger partial charge in [-0.15, -0.1) is 0 Å². The van der Waals surface area contributed by atoms with E-state index in [9.17, 15) is 4.79 Å². The Balaban J connectivity index is 1.68. The zero-order chi connectivity index (χ0) is 19.8. The van der Waals surface area contributed by atoms with Crippen LogP contribution in [-0.4, -0.2) is 35.1 Å². The number of carbonyl (C=O) groups excluding carboxylic acids is 1. The number of fused-ring (bicyclic) bond motifs is 2. The van der Waals surface area contributed by atoms with Gasteiger partial charge in [-0.25, -0.2) is 9.78 Å². The van der Waals surface area contributed by atoms with Crippen LogP contribution in [0.1, 0.15) is 59.8 Å². The zero-order valence-corrected chi connectivity index (χ0v) is 16.4. The van der Waals surface area contributed by atoms with Gasteiger partial charge in [0.1, 0.15) is 5.82 Å². The van der Waals surface area contributed by atoms with Gasteiger partial charge >= 0.3 is 5.97 Å². The number of ether oxygens (including phenoxy) is 1. The molecule has 0 fully saturated rings. The van der Waals surface area contributed by atoms with Gasteiger partial charge in [-0.1, -0.05) is 6.92 Å². The topological polar surface area (TPSA) is 107 Å². The first-order chi connectivity index (χ1) is 13.5. The molecule has 1 aliphatic carbocycles. The molecule has 0 amide bonds. The Labute approximate surface area is 165 Å². The van der Waals surface area contributed by atoms with Gasteiger partial charge in [-0.2, -0.15) is 4.98 Å². The summed E-state index contributed by atoms with van der Waals surface area (Å²) in [6.45, 7) is 5.34. The molecule has 28 heavy (non-hydrogen) atoms. The van der Waals surface area contributed by atoms with E-state index in [0.29, 0.717) is 18.0 Å². The van der Waals surface area contributed by atoms with Crippen molar-refractivity contribution in [1.82, 2.24) is 9.97 Å². The average molecular weight is 381 g/mol. The molecular weight excluding hydrogens is 354 g/mol. The highest BCUT2D eigenvalue weighted by atomic mass is 16.5. The predicted molar refractivity (Wildman–Crippen MR) is 109 cm³/mol. The third-order valence-corrected chi connectivity index (χ3v) is 5.79. The van der Waals surface area contributed by atoms with Crippen molar-refractivity contribution in [3.63, 3.8) is 0 Å². The Morgan fingerprint density at radius 1 is 1.29 bits per heavy atom. The van der Waals surface area contributed by atoms with Crippen LogP contribution in [0.5, 0.6) is 0 Å². The molecule has 1 aromatic heterocycles. The summed E-state index contributed by atoms with van der Waals surface area (Å²) >= 11 is 0. The Morgan fingerprint density at radius 2 is 2.11 bits per heavy atom. The Hall–Kier alpha value is -2.83. The van der Waals surface area contributed by atoms with E-state index in [0.717, 1.165) is 43.5 Å². The quantitative estimate of drug-likeness (QED) is 0.767. The number of carbonyl (C=O) groups is 1. The van der Waals surface area contributed by atoms with Crippen LogP contribution in [0, 0.1) is 0 Å². The smallest absolute Gasteiger partial charge is 0.338 e. The second kappa shape index (κ2) is 7.30. The maximum atomic E-state index is 12.1. The van der Waals surface area contributed by atoms with Crippen molar-refractivity contribution in [2.75, 3.05) is 29.5 Å². The second-order valence-electron chi connectivity index (χ2n) is 7.50. The molecule has 2 aromatic rings. The minimum atomic E-state index is -0.268. The van der Waals surface area contributed by atoms with Crippen LogP contribution < -0.4 is 16.4 Å². The predicted octanol–water partition coefficient (Wildman–Crippen LogP) is 2.69. The van der Waals surface area contributed by atoms with Crippen molar-refractivity contribution in [3.05, 3.63) is 40.6 Å². The van der Waals surface area contributed by atoms with Crippen LogP contribution >= 0.6 is 0 Å². The normalized spacial score (nSPS) is 20.1. The first-order valence-electron chi connectivity index (χ1n) is 10.0. The van der Waals surface area contributed by atoms with E-state index in [2.05, 4.69) is 27.9 Å². The van der Waals surface area contributed by atoms with E-state index in [1.807, 2.05) is 19.1 Å². The molecule has 4 rings (SSSR count). The summed E-state index contributed by atoms with van der Waals surface area (Å²) < 4.78 is 5.16. The molecule has 7 heteroatoms. The molecule has 0 spiro atoms. The van der Waals surface area contributed by atoms with Gasteiger partial charge in [-0.3, -0.25) is 0 Å². The summed E-state index contributed by atoms with van der Waals surface area (Å²) in [5.74, 6) is 0.747. The van der Waals surface area contributed by atoms with Gasteiger partial charge in [-0.05, 0) is 56.4 Å². The van der Waals surface area contributed by atoms with Crippen LogP contribution in [0.15, 0.2) is 18.2 Å². The highest BCUT2D eigenvalue weighted by Gasteiger charge is 2.40. The zero-order valence-electron chi connectivity index (χ0n) is 16.4. The molecule has 0 saturated carbocycles. The van der Waals surface area contributed by atoms with Gasteiger partial charge < -0.3 is 21.1 Å². The van der Waals surface area contributed by atoms with Crippen LogP contribution in [0.2, 0.25) is 0 Å². The fourth-order valence-electron chi connectivity index (χ4n) is 4.74. The van der Waals surface area contributed by atoms with E-state index < -0.39 is 0 Å². The van der Waals surface area contributed by atoms with E-state index in [-0.39, 0.29) is 23.9 Å². The van der Waals surface area contributed by atoms with Crippen molar-refractivity contribution in [2.45, 2.75) is 51.5 Å². The summed E-state index contributed by atoms with van der Waals surface area (Å²) in [5, 5.41) is 0. The molecule has 0 saturated heterocycles. The van der Waals surface area contributed by atoms with Gasteiger partial charge in [0.05, 0.1) is 17.9 Å². The summed E-state index contributed by atoms with van der Waals surface area (Å²) in [4.78, 5) is 23.2. The maximum absolute atomic E-state index is 12.1. The molecule has 148 valence electrons. The maximum Gasteiger partial charge on any atom is 0.338 e. The Bertz CT molecular complexity index is 914. The van der Waals surface area contributed by atoms with E-state index in [4.69, 9.17) is 16.2 Å². The molecular formula is C21H27N5O2.